The van der Waals surface area contributed by atoms with Crippen molar-refractivity contribution < 1.29 is 4.79 Å². The summed E-state index contributed by atoms with van der Waals surface area (Å²) in [7, 11) is 0. The van der Waals surface area contributed by atoms with Gasteiger partial charge in [-0.25, -0.2) is 0 Å². The van der Waals surface area contributed by atoms with Crippen molar-refractivity contribution in [3.05, 3.63) is 29.3 Å². The number of nitrogen functional groups attached to an aromatic ring is 1. The van der Waals surface area contributed by atoms with Crippen LogP contribution in [0.15, 0.2) is 18.2 Å². The van der Waals surface area contributed by atoms with Gasteiger partial charge >= 0.3 is 0 Å². The molecule has 0 aliphatic heterocycles. The third-order valence-corrected chi connectivity index (χ3v) is 3.38. The largest absolute Gasteiger partial charge is 0.398 e. The van der Waals surface area contributed by atoms with E-state index in [1.54, 1.807) is 6.92 Å². The topological polar surface area (TPSA) is 43.1 Å². The van der Waals surface area contributed by atoms with Crippen LogP contribution < -0.4 is 5.73 Å². The Bertz CT molecular complexity index is 349. The monoisotopic (exact) mass is 255 g/mol. The first-order valence-electron chi connectivity index (χ1n) is 4.59. The number of halogens is 1. The van der Waals surface area contributed by atoms with Gasteiger partial charge in [-0.2, -0.15) is 0 Å². The quantitative estimate of drug-likeness (QED) is 0.667. The van der Waals surface area contributed by atoms with E-state index in [4.69, 9.17) is 5.73 Å². The van der Waals surface area contributed by atoms with Crippen molar-refractivity contribution in [2.24, 2.45) is 0 Å². The SMILES string of the molecule is CCc1cccc(C(Br)C(C)=O)c1N. The van der Waals surface area contributed by atoms with E-state index in [-0.39, 0.29) is 10.6 Å². The molecule has 0 saturated carbocycles. The van der Waals surface area contributed by atoms with Gasteiger partial charge in [0.2, 0.25) is 0 Å². The van der Waals surface area contributed by atoms with Gasteiger partial charge in [0, 0.05) is 5.69 Å². The number of carbonyl (C=O) groups excluding carboxylic acids is 1. The van der Waals surface area contributed by atoms with Gasteiger partial charge in [0.25, 0.3) is 0 Å². The predicted molar refractivity (Wildman–Crippen MR) is 62.6 cm³/mol. The number of rotatable bonds is 3. The van der Waals surface area contributed by atoms with Crippen LogP contribution in [-0.4, -0.2) is 5.78 Å². The molecule has 3 heteroatoms. The number of alkyl halides is 1. The van der Waals surface area contributed by atoms with Gasteiger partial charge < -0.3 is 5.73 Å². The lowest BCUT2D eigenvalue weighted by atomic mass is 10.0. The van der Waals surface area contributed by atoms with Crippen molar-refractivity contribution in [3.63, 3.8) is 0 Å². The summed E-state index contributed by atoms with van der Waals surface area (Å²) in [5, 5.41) is 0. The molecule has 14 heavy (non-hydrogen) atoms. The summed E-state index contributed by atoms with van der Waals surface area (Å²) >= 11 is 3.33. The minimum absolute atomic E-state index is 0.0740. The first-order valence-corrected chi connectivity index (χ1v) is 5.51. The number of anilines is 1. The Hall–Kier alpha value is -0.830. The molecule has 1 rings (SSSR count). The Morgan fingerprint density at radius 2 is 2.21 bits per heavy atom. The van der Waals surface area contributed by atoms with E-state index in [1.807, 2.05) is 25.1 Å². The summed E-state index contributed by atoms with van der Waals surface area (Å²) in [6.45, 7) is 3.60. The standard InChI is InChI=1S/C11H14BrNO/c1-3-8-5-4-6-9(11(8)13)10(12)7(2)14/h4-6,10H,3,13H2,1-2H3. The fraction of sp³-hybridized carbons (Fsp3) is 0.364. The average molecular weight is 256 g/mol. The van der Waals surface area contributed by atoms with E-state index in [0.29, 0.717) is 0 Å². The zero-order chi connectivity index (χ0) is 10.7. The van der Waals surface area contributed by atoms with Crippen LogP contribution in [0.2, 0.25) is 0 Å². The molecule has 0 spiro atoms. The molecule has 0 aliphatic carbocycles. The van der Waals surface area contributed by atoms with Crippen molar-refractivity contribution in [1.29, 1.82) is 0 Å². The van der Waals surface area contributed by atoms with Gasteiger partial charge in [0.15, 0.2) is 0 Å². The summed E-state index contributed by atoms with van der Waals surface area (Å²) in [4.78, 5) is 10.9. The molecule has 0 aliphatic rings. The maximum atomic E-state index is 11.2. The number of hydrogen-bond acceptors (Lipinski definition) is 2. The number of nitrogens with two attached hydrogens (primary N) is 1. The van der Waals surface area contributed by atoms with E-state index in [1.165, 1.54) is 0 Å². The number of aryl methyl sites for hydroxylation is 1. The lowest BCUT2D eigenvalue weighted by Crippen LogP contribution is -2.06. The van der Waals surface area contributed by atoms with Gasteiger partial charge in [0.1, 0.15) is 5.78 Å². The minimum Gasteiger partial charge on any atom is -0.398 e. The van der Waals surface area contributed by atoms with Crippen LogP contribution in [0.5, 0.6) is 0 Å². The van der Waals surface area contributed by atoms with Crippen LogP contribution in [-0.2, 0) is 11.2 Å². The molecule has 0 aromatic heterocycles. The fourth-order valence-corrected chi connectivity index (χ4v) is 1.78. The summed E-state index contributed by atoms with van der Waals surface area (Å²) in [5.41, 5.74) is 8.64. The number of ketones is 1. The summed E-state index contributed by atoms with van der Waals surface area (Å²) in [6, 6.07) is 5.80. The molecule has 0 bridgehead atoms. The maximum Gasteiger partial charge on any atom is 0.147 e. The number of carbonyl (C=O) groups is 1. The molecule has 0 radical (unpaired) electrons. The van der Waals surface area contributed by atoms with E-state index >= 15 is 0 Å². The molecular formula is C11H14BrNO. The van der Waals surface area contributed by atoms with Gasteiger partial charge in [-0.05, 0) is 24.5 Å². The Balaban J connectivity index is 3.15. The molecule has 0 heterocycles. The first-order chi connectivity index (χ1) is 6.57. The molecule has 1 unspecified atom stereocenters. The Morgan fingerprint density at radius 3 is 2.71 bits per heavy atom. The Morgan fingerprint density at radius 1 is 1.57 bits per heavy atom. The third-order valence-electron chi connectivity index (χ3n) is 2.24. The second-order valence-electron chi connectivity index (χ2n) is 3.25. The number of para-hydroxylation sites is 1. The van der Waals surface area contributed by atoms with Crippen LogP contribution in [0.3, 0.4) is 0 Å². The summed E-state index contributed by atoms with van der Waals surface area (Å²) in [5.74, 6) is 0.0740. The van der Waals surface area contributed by atoms with Crippen LogP contribution >= 0.6 is 15.9 Å². The third kappa shape index (κ3) is 2.15. The number of Topliss-reactive ketones (excluding diaryl/α,β-unsaturated/α-hetero) is 1. The number of benzene rings is 1. The minimum atomic E-state index is -0.283. The first kappa shape index (κ1) is 11.2. The molecule has 1 aromatic rings. The molecule has 2 nitrogen and oxygen atoms in total. The van der Waals surface area contributed by atoms with Gasteiger partial charge in [-0.3, -0.25) is 4.79 Å². The van der Waals surface area contributed by atoms with E-state index < -0.39 is 0 Å². The van der Waals surface area contributed by atoms with Crippen LogP contribution in [0.4, 0.5) is 5.69 Å². The van der Waals surface area contributed by atoms with Crippen molar-refractivity contribution in [1.82, 2.24) is 0 Å². The lowest BCUT2D eigenvalue weighted by Gasteiger charge is -2.12. The zero-order valence-corrected chi connectivity index (χ0v) is 9.97. The molecule has 2 N–H and O–H groups in total. The smallest absolute Gasteiger partial charge is 0.147 e. The van der Waals surface area contributed by atoms with Gasteiger partial charge in [-0.1, -0.05) is 41.1 Å². The molecule has 76 valence electrons. The highest BCUT2D eigenvalue weighted by Gasteiger charge is 2.16. The Labute approximate surface area is 92.6 Å². The van der Waals surface area contributed by atoms with Crippen molar-refractivity contribution in [2.75, 3.05) is 5.73 Å². The highest BCUT2D eigenvalue weighted by atomic mass is 79.9. The molecule has 0 amide bonds. The average Bonchev–Trinajstić information content (AvgIpc) is 2.17. The molecule has 1 aromatic carbocycles. The van der Waals surface area contributed by atoms with Crippen LogP contribution in [0.1, 0.15) is 29.8 Å². The maximum absolute atomic E-state index is 11.2. The van der Waals surface area contributed by atoms with Crippen LogP contribution in [0.25, 0.3) is 0 Å². The highest BCUT2D eigenvalue weighted by molar-refractivity contribution is 9.09. The van der Waals surface area contributed by atoms with Gasteiger partial charge in [-0.15, -0.1) is 0 Å². The van der Waals surface area contributed by atoms with E-state index in [0.717, 1.165) is 23.2 Å². The van der Waals surface area contributed by atoms with E-state index in [2.05, 4.69) is 15.9 Å². The summed E-state index contributed by atoms with van der Waals surface area (Å²) < 4.78 is 0. The normalized spacial score (nSPS) is 12.5. The zero-order valence-electron chi connectivity index (χ0n) is 8.38. The fourth-order valence-electron chi connectivity index (χ4n) is 1.38. The second kappa shape index (κ2) is 4.60. The molecule has 1 atom stereocenters. The molecule has 0 saturated heterocycles. The van der Waals surface area contributed by atoms with Crippen LogP contribution in [0, 0.1) is 0 Å². The van der Waals surface area contributed by atoms with E-state index in [9.17, 15) is 4.79 Å². The molecule has 0 fully saturated rings. The highest BCUT2D eigenvalue weighted by Crippen LogP contribution is 2.30. The lowest BCUT2D eigenvalue weighted by molar-refractivity contribution is -0.116. The van der Waals surface area contributed by atoms with Gasteiger partial charge in [0.05, 0.1) is 4.83 Å². The summed E-state index contributed by atoms with van der Waals surface area (Å²) in [6.07, 6.45) is 0.886. The van der Waals surface area contributed by atoms with Crippen molar-refractivity contribution in [3.8, 4) is 0 Å². The number of hydrogen-bond donors (Lipinski definition) is 1. The van der Waals surface area contributed by atoms with Crippen molar-refractivity contribution in [2.45, 2.75) is 25.1 Å². The predicted octanol–water partition coefficient (Wildman–Crippen LogP) is 2.86. The second-order valence-corrected chi connectivity index (χ2v) is 4.16. The Kier molecular flexibility index (Phi) is 3.69. The molecular weight excluding hydrogens is 242 g/mol. The van der Waals surface area contributed by atoms with Crippen molar-refractivity contribution >= 4 is 27.4 Å².